The van der Waals surface area contributed by atoms with Gasteiger partial charge < -0.3 is 9.01 Å². The van der Waals surface area contributed by atoms with Crippen LogP contribution in [0.25, 0.3) is 0 Å². The third kappa shape index (κ3) is 19.9. The molecule has 0 rings (SSSR count). The van der Waals surface area contributed by atoms with E-state index in [1.807, 2.05) is 6.92 Å². The molecule has 0 heterocycles. The summed E-state index contributed by atoms with van der Waals surface area (Å²) in [6, 6.07) is 0. The van der Waals surface area contributed by atoms with E-state index in [-0.39, 0.29) is 5.12 Å². The molecule has 4 nitrogen and oxygen atoms in total. The molecule has 1 atom stereocenters. The molecule has 0 radical (unpaired) electrons. The van der Waals surface area contributed by atoms with Gasteiger partial charge in [0.25, 0.3) is 6.57 Å². The van der Waals surface area contributed by atoms with E-state index >= 15 is 0 Å². The summed E-state index contributed by atoms with van der Waals surface area (Å²) in [6.07, 6.45) is 17.8. The number of nitrogens with zero attached hydrogens (tertiary/aromatic N) is 1. The summed E-state index contributed by atoms with van der Waals surface area (Å²) in [6.45, 7) is 2.47. The van der Waals surface area contributed by atoms with Gasteiger partial charge in [0.1, 0.15) is 13.2 Å². The maximum Gasteiger partial charge on any atom is 0.264 e. The third-order valence-electron chi connectivity index (χ3n) is 5.16. The van der Waals surface area contributed by atoms with Crippen LogP contribution in [-0.2, 0) is 13.9 Å². The first-order valence-electron chi connectivity index (χ1n) is 12.0. The predicted molar refractivity (Wildman–Crippen MR) is 130 cm³/mol. The first kappa shape index (κ1) is 29.2. The molecule has 0 saturated heterocycles. The Labute approximate surface area is 185 Å². The van der Waals surface area contributed by atoms with Crippen molar-refractivity contribution in [3.8, 4) is 0 Å². The second-order valence-electron chi connectivity index (χ2n) is 9.23. The minimum atomic E-state index is -2.87. The molecule has 0 aromatic carbocycles. The molecule has 0 aromatic rings. The molecule has 0 bridgehead atoms. The molecule has 174 valence electrons. The van der Waals surface area contributed by atoms with E-state index in [2.05, 4.69) is 28.1 Å². The van der Waals surface area contributed by atoms with Crippen LogP contribution in [0.1, 0.15) is 104 Å². The monoisotopic (exact) mass is 450 g/mol. The van der Waals surface area contributed by atoms with Crippen molar-refractivity contribution in [3.05, 3.63) is 0 Å². The van der Waals surface area contributed by atoms with Crippen molar-refractivity contribution in [1.29, 1.82) is 0 Å². The molecular weight excluding hydrogens is 401 g/mol. The largest absolute Gasteiger partial charge is 0.329 e. The van der Waals surface area contributed by atoms with E-state index in [0.717, 1.165) is 35.3 Å². The number of unbranched alkanes of at least 4 members (excludes halogenated alkanes) is 12. The summed E-state index contributed by atoms with van der Waals surface area (Å²) < 4.78 is 19.1. The van der Waals surface area contributed by atoms with E-state index in [4.69, 9.17) is 4.52 Å². The number of carbonyl (C=O) groups is 1. The number of likely N-dealkylation sites (N-methyl/N-ethyl adjacent to an activating group) is 1. The number of hydrogen-bond acceptors (Lipinski definition) is 4. The fourth-order valence-electron chi connectivity index (χ4n) is 3.12. The summed E-state index contributed by atoms with van der Waals surface area (Å²) in [4.78, 5) is 12.2. The Morgan fingerprint density at radius 3 is 1.66 bits per heavy atom. The zero-order valence-corrected chi connectivity index (χ0v) is 21.8. The Morgan fingerprint density at radius 2 is 1.24 bits per heavy atom. The molecule has 0 aliphatic heterocycles. The molecule has 0 fully saturated rings. The lowest BCUT2D eigenvalue weighted by Crippen LogP contribution is -2.37. The molecule has 1 unspecified atom stereocenters. The van der Waals surface area contributed by atoms with Crippen molar-refractivity contribution >= 4 is 23.1 Å². The average molecular weight is 451 g/mol. The molecule has 0 amide bonds. The second kappa shape index (κ2) is 17.8. The molecule has 0 spiro atoms. The second-order valence-corrected chi connectivity index (χ2v) is 14.2. The van der Waals surface area contributed by atoms with Gasteiger partial charge in [0.05, 0.1) is 21.1 Å². The smallest absolute Gasteiger partial charge is 0.264 e. The molecule has 0 aliphatic rings. The highest BCUT2D eigenvalue weighted by Gasteiger charge is 2.26. The standard InChI is InChI=1S/C23H49NO3PS/c1-6-8-9-10-11-12-13-14-15-16-17-18-19-20-23(25)29-28(26,7-2)27-22-21-24(3,4)5/h6-22H2,1-5H3/q+1. The van der Waals surface area contributed by atoms with Crippen LogP contribution in [0.4, 0.5) is 0 Å². The maximum absolute atomic E-state index is 12.7. The number of quaternary nitrogens is 1. The van der Waals surface area contributed by atoms with Crippen LogP contribution in [0, 0.1) is 0 Å². The average Bonchev–Trinajstić information content (AvgIpc) is 2.64. The van der Waals surface area contributed by atoms with E-state index in [1.165, 1.54) is 70.6 Å². The van der Waals surface area contributed by atoms with E-state index in [9.17, 15) is 9.36 Å². The quantitative estimate of drug-likeness (QED) is 0.108. The SMILES string of the molecule is CCCCCCCCCCCCCCCC(=O)SP(=O)(CC)OCC[N+](C)(C)C. The first-order chi connectivity index (χ1) is 13.7. The van der Waals surface area contributed by atoms with Gasteiger partial charge in [0.15, 0.2) is 5.12 Å². The van der Waals surface area contributed by atoms with Crippen LogP contribution in [-0.4, -0.2) is 50.1 Å². The lowest BCUT2D eigenvalue weighted by molar-refractivity contribution is -0.870. The Kier molecular flexibility index (Phi) is 17.9. The highest BCUT2D eigenvalue weighted by molar-refractivity contribution is 8.63. The molecule has 0 saturated carbocycles. The minimum absolute atomic E-state index is 0.0310. The number of carbonyl (C=O) groups excluding carboxylic acids is 1. The van der Waals surface area contributed by atoms with Gasteiger partial charge in [-0.3, -0.25) is 9.36 Å². The van der Waals surface area contributed by atoms with Gasteiger partial charge in [-0.05, 0) is 6.42 Å². The lowest BCUT2D eigenvalue weighted by atomic mass is 10.0. The van der Waals surface area contributed by atoms with Crippen LogP contribution in [0.2, 0.25) is 0 Å². The van der Waals surface area contributed by atoms with E-state index < -0.39 is 6.57 Å². The van der Waals surface area contributed by atoms with Crippen molar-refractivity contribution < 1.29 is 18.4 Å². The molecule has 0 N–H and O–H groups in total. The van der Waals surface area contributed by atoms with Crippen molar-refractivity contribution in [1.82, 2.24) is 0 Å². The molecule has 29 heavy (non-hydrogen) atoms. The van der Waals surface area contributed by atoms with Crippen LogP contribution < -0.4 is 0 Å². The van der Waals surface area contributed by atoms with Gasteiger partial charge >= 0.3 is 0 Å². The zero-order valence-electron chi connectivity index (χ0n) is 20.0. The predicted octanol–water partition coefficient (Wildman–Crippen LogP) is 7.66. The van der Waals surface area contributed by atoms with Gasteiger partial charge in [-0.25, -0.2) is 0 Å². The van der Waals surface area contributed by atoms with Crippen LogP contribution in [0.15, 0.2) is 0 Å². The van der Waals surface area contributed by atoms with E-state index in [0.29, 0.717) is 19.2 Å². The van der Waals surface area contributed by atoms with Crippen molar-refractivity contribution in [2.45, 2.75) is 104 Å². The fraction of sp³-hybridized carbons (Fsp3) is 0.957. The lowest BCUT2D eigenvalue weighted by Gasteiger charge is -2.24. The Bertz CT molecular complexity index is 452. The summed E-state index contributed by atoms with van der Waals surface area (Å²) in [5.41, 5.74) is 0. The van der Waals surface area contributed by atoms with Gasteiger partial charge in [0, 0.05) is 24.0 Å². The topological polar surface area (TPSA) is 43.4 Å². The fourth-order valence-corrected chi connectivity index (χ4v) is 6.37. The van der Waals surface area contributed by atoms with Crippen LogP contribution >= 0.6 is 18.0 Å². The molecule has 0 aromatic heterocycles. The highest BCUT2D eigenvalue weighted by atomic mass is 32.7. The summed E-state index contributed by atoms with van der Waals surface area (Å²) >= 11 is 0.969. The van der Waals surface area contributed by atoms with Crippen LogP contribution in [0.5, 0.6) is 0 Å². The third-order valence-corrected chi connectivity index (χ3v) is 9.74. The number of hydrogen-bond donors (Lipinski definition) is 0. The number of rotatable bonds is 20. The Balaban J connectivity index is 3.64. The van der Waals surface area contributed by atoms with Crippen molar-refractivity contribution in [2.24, 2.45) is 0 Å². The summed E-state index contributed by atoms with van der Waals surface area (Å²) in [5, 5.41) is 0.0310. The first-order valence-corrected chi connectivity index (χ1v) is 15.2. The van der Waals surface area contributed by atoms with Gasteiger partial charge in [0.2, 0.25) is 0 Å². The molecule has 0 aliphatic carbocycles. The normalized spacial score (nSPS) is 14.1. The summed E-state index contributed by atoms with van der Waals surface area (Å²) in [5.74, 6) is 0. The van der Waals surface area contributed by atoms with Crippen LogP contribution in [0.3, 0.4) is 0 Å². The highest BCUT2D eigenvalue weighted by Crippen LogP contribution is 2.59. The molecular formula is C23H49NO3PS+. The Morgan fingerprint density at radius 1 is 0.793 bits per heavy atom. The summed E-state index contributed by atoms with van der Waals surface area (Å²) in [7, 11) is 6.23. The Hall–Kier alpha value is 0.170. The molecule has 6 heteroatoms. The maximum atomic E-state index is 12.7. The van der Waals surface area contributed by atoms with Crippen molar-refractivity contribution in [2.75, 3.05) is 40.5 Å². The van der Waals surface area contributed by atoms with E-state index in [1.54, 1.807) is 0 Å². The van der Waals surface area contributed by atoms with Gasteiger partial charge in [-0.15, -0.1) is 0 Å². The van der Waals surface area contributed by atoms with Crippen molar-refractivity contribution in [3.63, 3.8) is 0 Å². The van der Waals surface area contributed by atoms with Gasteiger partial charge in [-0.2, -0.15) is 0 Å². The zero-order chi connectivity index (χ0) is 22.0. The van der Waals surface area contributed by atoms with Gasteiger partial charge in [-0.1, -0.05) is 90.9 Å². The minimum Gasteiger partial charge on any atom is -0.329 e.